The van der Waals surface area contributed by atoms with E-state index in [9.17, 15) is 4.79 Å². The maximum absolute atomic E-state index is 11.2. The number of guanidine groups is 1. The molecule has 0 spiro atoms. The lowest BCUT2D eigenvalue weighted by Crippen LogP contribution is -2.44. The van der Waals surface area contributed by atoms with Crippen molar-refractivity contribution >= 4 is 57.5 Å². The summed E-state index contributed by atoms with van der Waals surface area (Å²) < 4.78 is 5.73. The standard InChI is InChI=1S/C17H25BrN4O2.HI/c1-3-19-17(20-10-8-16(23)24-2)21-14-9-11-22(12-14)15-6-4-13(18)5-7-15;/h4-7,14H,3,8-12H2,1-2H3,(H2,19,20,21);1H. The van der Waals surface area contributed by atoms with E-state index < -0.39 is 0 Å². The van der Waals surface area contributed by atoms with E-state index in [0.717, 1.165) is 36.5 Å². The third-order valence-electron chi connectivity index (χ3n) is 3.88. The molecule has 1 aromatic carbocycles. The van der Waals surface area contributed by atoms with Gasteiger partial charge in [-0.2, -0.15) is 0 Å². The number of nitrogens with zero attached hydrogens (tertiary/aromatic N) is 2. The highest BCUT2D eigenvalue weighted by Gasteiger charge is 2.23. The highest BCUT2D eigenvalue weighted by Crippen LogP contribution is 2.22. The van der Waals surface area contributed by atoms with E-state index in [1.54, 1.807) is 0 Å². The molecule has 0 aliphatic carbocycles. The summed E-state index contributed by atoms with van der Waals surface area (Å²) in [6.07, 6.45) is 1.35. The highest BCUT2D eigenvalue weighted by atomic mass is 127. The number of carbonyl (C=O) groups excluding carboxylic acids is 1. The Labute approximate surface area is 174 Å². The number of hydrogen-bond donors (Lipinski definition) is 2. The van der Waals surface area contributed by atoms with Gasteiger partial charge in [-0.3, -0.25) is 9.79 Å². The zero-order valence-corrected chi connectivity index (χ0v) is 18.5. The van der Waals surface area contributed by atoms with E-state index in [0.29, 0.717) is 19.0 Å². The van der Waals surface area contributed by atoms with Crippen molar-refractivity contribution in [1.29, 1.82) is 0 Å². The van der Waals surface area contributed by atoms with E-state index in [1.165, 1.54) is 12.8 Å². The lowest BCUT2D eigenvalue weighted by Gasteiger charge is -2.20. The molecule has 0 bridgehead atoms. The maximum atomic E-state index is 11.2. The van der Waals surface area contributed by atoms with Crippen LogP contribution in [0.25, 0.3) is 0 Å². The van der Waals surface area contributed by atoms with Crippen molar-refractivity contribution in [3.8, 4) is 0 Å². The fourth-order valence-corrected chi connectivity index (χ4v) is 2.90. The van der Waals surface area contributed by atoms with E-state index in [4.69, 9.17) is 0 Å². The zero-order valence-electron chi connectivity index (χ0n) is 14.6. The molecule has 1 fully saturated rings. The number of hydrogen-bond acceptors (Lipinski definition) is 4. The van der Waals surface area contributed by atoms with Crippen LogP contribution in [0.1, 0.15) is 19.8 Å². The molecule has 1 heterocycles. The van der Waals surface area contributed by atoms with Crippen LogP contribution in [0.5, 0.6) is 0 Å². The fraction of sp³-hybridized carbons (Fsp3) is 0.529. The summed E-state index contributed by atoms with van der Waals surface area (Å²) in [4.78, 5) is 18.0. The summed E-state index contributed by atoms with van der Waals surface area (Å²) in [5.74, 6) is 0.515. The van der Waals surface area contributed by atoms with E-state index in [2.05, 4.69) is 65.5 Å². The number of rotatable bonds is 6. The lowest BCUT2D eigenvalue weighted by molar-refractivity contribution is -0.140. The number of anilines is 1. The number of ether oxygens (including phenoxy) is 1. The minimum Gasteiger partial charge on any atom is -0.469 e. The summed E-state index contributed by atoms with van der Waals surface area (Å²) in [6, 6.07) is 8.72. The van der Waals surface area contributed by atoms with Gasteiger partial charge in [0.25, 0.3) is 0 Å². The average molecular weight is 525 g/mol. The molecule has 140 valence electrons. The summed E-state index contributed by atoms with van der Waals surface area (Å²) in [5.41, 5.74) is 1.23. The van der Waals surface area contributed by atoms with Gasteiger partial charge in [0.05, 0.1) is 20.1 Å². The number of methoxy groups -OCH3 is 1. The molecule has 2 N–H and O–H groups in total. The molecule has 0 aromatic heterocycles. The molecule has 1 saturated heterocycles. The SMILES string of the molecule is CCNC(=NCCC(=O)OC)NC1CCN(c2ccc(Br)cc2)C1.I. The molecular weight excluding hydrogens is 499 g/mol. The number of aliphatic imine (C=N–C) groups is 1. The molecule has 1 atom stereocenters. The third kappa shape index (κ3) is 7.39. The van der Waals surface area contributed by atoms with Gasteiger partial charge in [0, 0.05) is 35.8 Å². The topological polar surface area (TPSA) is 66.0 Å². The van der Waals surface area contributed by atoms with Gasteiger partial charge in [-0.25, -0.2) is 0 Å². The number of nitrogens with one attached hydrogen (secondary N) is 2. The molecule has 8 heteroatoms. The first kappa shape index (κ1) is 22.0. The van der Waals surface area contributed by atoms with E-state index in [-0.39, 0.29) is 29.9 Å². The van der Waals surface area contributed by atoms with Crippen molar-refractivity contribution < 1.29 is 9.53 Å². The molecule has 25 heavy (non-hydrogen) atoms. The van der Waals surface area contributed by atoms with Crippen LogP contribution in [0.3, 0.4) is 0 Å². The average Bonchev–Trinajstić information content (AvgIpc) is 3.04. The smallest absolute Gasteiger partial charge is 0.307 e. The summed E-state index contributed by atoms with van der Waals surface area (Å²) in [7, 11) is 1.39. The van der Waals surface area contributed by atoms with Crippen LogP contribution in [0.4, 0.5) is 5.69 Å². The predicted octanol–water partition coefficient (Wildman–Crippen LogP) is 2.76. The Hall–Kier alpha value is -1.03. The van der Waals surface area contributed by atoms with Gasteiger partial charge in [0.1, 0.15) is 0 Å². The van der Waals surface area contributed by atoms with Gasteiger partial charge in [-0.05, 0) is 37.6 Å². The Bertz CT molecular complexity index is 568. The van der Waals surface area contributed by atoms with Crippen LogP contribution in [-0.2, 0) is 9.53 Å². The quantitative estimate of drug-likeness (QED) is 0.259. The van der Waals surface area contributed by atoms with E-state index in [1.807, 2.05) is 6.92 Å². The Morgan fingerprint density at radius 3 is 2.76 bits per heavy atom. The first-order valence-electron chi connectivity index (χ1n) is 8.24. The molecule has 0 amide bonds. The second-order valence-electron chi connectivity index (χ2n) is 5.64. The monoisotopic (exact) mass is 524 g/mol. The normalized spacial score (nSPS) is 17.0. The second-order valence-corrected chi connectivity index (χ2v) is 6.55. The fourth-order valence-electron chi connectivity index (χ4n) is 2.64. The van der Waals surface area contributed by atoms with Crippen molar-refractivity contribution in [2.24, 2.45) is 4.99 Å². The van der Waals surface area contributed by atoms with Crippen molar-refractivity contribution in [1.82, 2.24) is 10.6 Å². The molecule has 1 aliphatic rings. The molecular formula is C17H26BrIN4O2. The summed E-state index contributed by atoms with van der Waals surface area (Å²) in [5, 5.41) is 6.68. The van der Waals surface area contributed by atoms with Gasteiger partial charge in [-0.1, -0.05) is 15.9 Å². The van der Waals surface area contributed by atoms with Crippen LogP contribution in [-0.4, -0.2) is 51.3 Å². The Morgan fingerprint density at radius 2 is 2.12 bits per heavy atom. The number of benzene rings is 1. The highest BCUT2D eigenvalue weighted by molar-refractivity contribution is 14.0. The summed E-state index contributed by atoms with van der Waals surface area (Å²) >= 11 is 3.47. The van der Waals surface area contributed by atoms with Gasteiger partial charge in [0.15, 0.2) is 5.96 Å². The Morgan fingerprint density at radius 1 is 1.40 bits per heavy atom. The van der Waals surface area contributed by atoms with Gasteiger partial charge in [0.2, 0.25) is 0 Å². The van der Waals surface area contributed by atoms with Crippen molar-refractivity contribution in [2.45, 2.75) is 25.8 Å². The Kier molecular flexibility index (Phi) is 10.2. The predicted molar refractivity (Wildman–Crippen MR) is 116 cm³/mol. The number of esters is 1. The first-order chi connectivity index (χ1) is 11.6. The third-order valence-corrected chi connectivity index (χ3v) is 4.41. The first-order valence-corrected chi connectivity index (χ1v) is 9.04. The van der Waals surface area contributed by atoms with Gasteiger partial charge in [-0.15, -0.1) is 24.0 Å². The van der Waals surface area contributed by atoms with Crippen molar-refractivity contribution in [2.75, 3.05) is 38.2 Å². The zero-order chi connectivity index (χ0) is 17.4. The van der Waals surface area contributed by atoms with Gasteiger partial charge >= 0.3 is 5.97 Å². The minimum absolute atomic E-state index is 0. The Balaban J connectivity index is 0.00000312. The number of halogens is 2. The molecule has 6 nitrogen and oxygen atoms in total. The molecule has 1 aliphatic heterocycles. The molecule has 1 unspecified atom stereocenters. The maximum Gasteiger partial charge on any atom is 0.307 e. The van der Waals surface area contributed by atoms with Crippen LogP contribution < -0.4 is 15.5 Å². The van der Waals surface area contributed by atoms with Crippen LogP contribution in [0.15, 0.2) is 33.7 Å². The largest absolute Gasteiger partial charge is 0.469 e. The molecule has 1 aromatic rings. The minimum atomic E-state index is -0.239. The van der Waals surface area contributed by atoms with E-state index >= 15 is 0 Å². The van der Waals surface area contributed by atoms with Crippen molar-refractivity contribution in [3.05, 3.63) is 28.7 Å². The van der Waals surface area contributed by atoms with Gasteiger partial charge < -0.3 is 20.3 Å². The molecule has 2 rings (SSSR count). The lowest BCUT2D eigenvalue weighted by atomic mass is 10.3. The number of carbonyl (C=O) groups is 1. The van der Waals surface area contributed by atoms with Crippen LogP contribution in [0, 0.1) is 0 Å². The summed E-state index contributed by atoms with van der Waals surface area (Å²) in [6.45, 7) is 5.18. The van der Waals surface area contributed by atoms with Crippen LogP contribution >= 0.6 is 39.9 Å². The van der Waals surface area contributed by atoms with Crippen LogP contribution in [0.2, 0.25) is 0 Å². The molecule has 0 radical (unpaired) electrons. The second kappa shape index (κ2) is 11.6. The van der Waals surface area contributed by atoms with Crippen molar-refractivity contribution in [3.63, 3.8) is 0 Å². The molecule has 0 saturated carbocycles.